The fraction of sp³-hybridized carbons (Fsp3) is 0.562. The monoisotopic (exact) mass is 277 g/mol. The first-order chi connectivity index (χ1) is 9.11. The third kappa shape index (κ3) is 2.56. The van der Waals surface area contributed by atoms with E-state index in [2.05, 4.69) is 5.32 Å². The zero-order valence-corrected chi connectivity index (χ0v) is 12.1. The molecule has 1 aromatic carbocycles. The van der Waals surface area contributed by atoms with Crippen molar-refractivity contribution in [1.29, 1.82) is 0 Å². The van der Waals surface area contributed by atoms with Gasteiger partial charge in [-0.3, -0.25) is 4.79 Å². The van der Waals surface area contributed by atoms with Crippen LogP contribution in [0.2, 0.25) is 5.02 Å². The third-order valence-corrected chi connectivity index (χ3v) is 5.10. The number of rotatable bonds is 3. The molecule has 1 aliphatic heterocycles. The van der Waals surface area contributed by atoms with Gasteiger partial charge in [0, 0.05) is 17.4 Å². The topological polar surface area (TPSA) is 29.1 Å². The molecule has 2 aliphatic rings. The Morgan fingerprint density at radius 1 is 1.42 bits per heavy atom. The van der Waals surface area contributed by atoms with Gasteiger partial charge in [-0.1, -0.05) is 23.7 Å². The van der Waals surface area contributed by atoms with E-state index in [1.807, 2.05) is 25.1 Å². The van der Waals surface area contributed by atoms with Crippen molar-refractivity contribution in [3.8, 4) is 0 Å². The van der Waals surface area contributed by atoms with Gasteiger partial charge in [0.15, 0.2) is 0 Å². The quantitative estimate of drug-likeness (QED) is 0.920. The molecule has 0 bridgehead atoms. The van der Waals surface area contributed by atoms with E-state index < -0.39 is 0 Å². The zero-order chi connectivity index (χ0) is 13.5. The molecule has 3 heteroatoms. The molecule has 1 unspecified atom stereocenters. The summed E-state index contributed by atoms with van der Waals surface area (Å²) in [5, 5.41) is 4.10. The molecule has 19 heavy (non-hydrogen) atoms. The number of piperidine rings is 1. The van der Waals surface area contributed by atoms with Gasteiger partial charge >= 0.3 is 0 Å². The maximum atomic E-state index is 12.4. The second-order valence-corrected chi connectivity index (χ2v) is 6.51. The van der Waals surface area contributed by atoms with Crippen molar-refractivity contribution in [1.82, 2.24) is 5.32 Å². The molecule has 0 amide bonds. The van der Waals surface area contributed by atoms with Crippen LogP contribution in [0.25, 0.3) is 0 Å². The van der Waals surface area contributed by atoms with Crippen LogP contribution >= 0.6 is 11.6 Å². The molecule has 2 nitrogen and oxygen atoms in total. The summed E-state index contributed by atoms with van der Waals surface area (Å²) in [7, 11) is 0. The number of hydrogen-bond acceptors (Lipinski definition) is 2. The Kier molecular flexibility index (Phi) is 3.40. The van der Waals surface area contributed by atoms with Gasteiger partial charge in [-0.2, -0.15) is 0 Å². The molecular formula is C16H20ClNO. The third-order valence-electron chi connectivity index (χ3n) is 4.75. The Morgan fingerprint density at radius 3 is 2.84 bits per heavy atom. The molecule has 102 valence electrons. The number of carbonyl (C=O) groups excluding carboxylic acids is 1. The largest absolute Gasteiger partial charge is 0.317 e. The Morgan fingerprint density at radius 2 is 2.16 bits per heavy atom. The van der Waals surface area contributed by atoms with Crippen LogP contribution in [0.1, 0.15) is 30.4 Å². The lowest BCUT2D eigenvalue weighted by molar-refractivity contribution is -0.120. The summed E-state index contributed by atoms with van der Waals surface area (Å²) in [6, 6.07) is 5.96. The molecule has 0 radical (unpaired) electrons. The maximum absolute atomic E-state index is 12.4. The van der Waals surface area contributed by atoms with Crippen molar-refractivity contribution >= 4 is 17.4 Å². The molecule has 2 fully saturated rings. The minimum Gasteiger partial charge on any atom is -0.317 e. The van der Waals surface area contributed by atoms with Crippen LogP contribution < -0.4 is 5.32 Å². The lowest BCUT2D eigenvalue weighted by Crippen LogP contribution is -2.31. The number of aryl methyl sites for hydroxylation is 1. The van der Waals surface area contributed by atoms with Gasteiger partial charge in [0.25, 0.3) is 0 Å². The Hall–Kier alpha value is -0.860. The van der Waals surface area contributed by atoms with E-state index in [4.69, 9.17) is 11.6 Å². The van der Waals surface area contributed by atoms with Crippen molar-refractivity contribution in [3.05, 3.63) is 34.3 Å². The van der Waals surface area contributed by atoms with Gasteiger partial charge in [0.1, 0.15) is 5.78 Å². The van der Waals surface area contributed by atoms with Crippen molar-refractivity contribution in [2.75, 3.05) is 13.1 Å². The average molecular weight is 278 g/mol. The molecule has 1 aromatic rings. The van der Waals surface area contributed by atoms with Crippen LogP contribution in [-0.4, -0.2) is 18.9 Å². The standard InChI is InChI=1S/C16H20ClNO/c1-11-2-3-12(14(17)8-11)9-15(19)13-10-16(13)4-6-18-7-5-16/h2-3,8,13,18H,4-7,9-10H2,1H3. The number of hydrogen-bond donors (Lipinski definition) is 1. The van der Waals surface area contributed by atoms with E-state index in [1.165, 1.54) is 0 Å². The molecule has 1 saturated heterocycles. The Labute approximate surface area is 119 Å². The van der Waals surface area contributed by atoms with Gasteiger partial charge in [-0.15, -0.1) is 0 Å². The second-order valence-electron chi connectivity index (χ2n) is 6.11. The molecule has 0 aromatic heterocycles. The fourth-order valence-electron chi connectivity index (χ4n) is 3.39. The van der Waals surface area contributed by atoms with E-state index >= 15 is 0 Å². The van der Waals surface area contributed by atoms with Gasteiger partial charge < -0.3 is 5.32 Å². The molecule has 1 spiro atoms. The molecule has 3 rings (SSSR count). The van der Waals surface area contributed by atoms with Crippen LogP contribution in [0.15, 0.2) is 18.2 Å². The number of carbonyl (C=O) groups is 1. The number of ketones is 1. The number of Topliss-reactive ketones (excluding diaryl/α,β-unsaturated/α-hetero) is 1. The summed E-state index contributed by atoms with van der Waals surface area (Å²) in [5.74, 6) is 0.666. The number of halogens is 1. The summed E-state index contributed by atoms with van der Waals surface area (Å²) in [5.41, 5.74) is 2.45. The first-order valence-electron chi connectivity index (χ1n) is 7.09. The molecule has 1 saturated carbocycles. The second kappa shape index (κ2) is 4.92. The molecule has 1 aliphatic carbocycles. The molecular weight excluding hydrogens is 258 g/mol. The van der Waals surface area contributed by atoms with E-state index in [1.54, 1.807) is 0 Å². The van der Waals surface area contributed by atoms with Crippen molar-refractivity contribution in [2.24, 2.45) is 11.3 Å². The highest BCUT2D eigenvalue weighted by molar-refractivity contribution is 6.31. The first-order valence-corrected chi connectivity index (χ1v) is 7.47. The van der Waals surface area contributed by atoms with E-state index in [0.29, 0.717) is 17.6 Å². The highest BCUT2D eigenvalue weighted by atomic mass is 35.5. The summed E-state index contributed by atoms with van der Waals surface area (Å²) in [6.45, 7) is 4.15. The van der Waals surface area contributed by atoms with E-state index in [9.17, 15) is 4.79 Å². The van der Waals surface area contributed by atoms with E-state index in [0.717, 1.165) is 48.5 Å². The SMILES string of the molecule is Cc1ccc(CC(=O)C2CC23CCNCC3)c(Cl)c1. The van der Waals surface area contributed by atoms with Gasteiger partial charge in [-0.05, 0) is 61.9 Å². The highest BCUT2D eigenvalue weighted by Crippen LogP contribution is 2.59. The smallest absolute Gasteiger partial charge is 0.140 e. The molecule has 1 atom stereocenters. The minimum atomic E-state index is 0.284. The normalized spacial score (nSPS) is 24.4. The minimum absolute atomic E-state index is 0.284. The fourth-order valence-corrected chi connectivity index (χ4v) is 3.69. The molecule has 1 N–H and O–H groups in total. The van der Waals surface area contributed by atoms with Crippen LogP contribution in [0, 0.1) is 18.3 Å². The lowest BCUT2D eigenvalue weighted by Gasteiger charge is -2.23. The summed E-state index contributed by atoms with van der Waals surface area (Å²) < 4.78 is 0. The van der Waals surface area contributed by atoms with Crippen LogP contribution in [0.3, 0.4) is 0 Å². The first kappa shape index (κ1) is 13.1. The predicted molar refractivity (Wildman–Crippen MR) is 77.5 cm³/mol. The highest BCUT2D eigenvalue weighted by Gasteiger charge is 2.56. The number of nitrogens with one attached hydrogen (secondary N) is 1. The van der Waals surface area contributed by atoms with Gasteiger partial charge in [0.05, 0.1) is 0 Å². The van der Waals surface area contributed by atoms with Crippen molar-refractivity contribution in [2.45, 2.75) is 32.6 Å². The van der Waals surface area contributed by atoms with Crippen LogP contribution in [-0.2, 0) is 11.2 Å². The summed E-state index contributed by atoms with van der Waals surface area (Å²) >= 11 is 6.21. The van der Waals surface area contributed by atoms with Crippen molar-refractivity contribution in [3.63, 3.8) is 0 Å². The maximum Gasteiger partial charge on any atom is 0.140 e. The van der Waals surface area contributed by atoms with Gasteiger partial charge in [0.2, 0.25) is 0 Å². The average Bonchev–Trinajstić information content (AvgIpc) is 3.07. The van der Waals surface area contributed by atoms with Crippen LogP contribution in [0.5, 0.6) is 0 Å². The summed E-state index contributed by atoms with van der Waals surface area (Å²) in [6.07, 6.45) is 3.91. The molecule has 1 heterocycles. The number of benzene rings is 1. The van der Waals surface area contributed by atoms with Gasteiger partial charge in [-0.25, -0.2) is 0 Å². The lowest BCUT2D eigenvalue weighted by atomic mass is 9.89. The zero-order valence-electron chi connectivity index (χ0n) is 11.3. The summed E-state index contributed by atoms with van der Waals surface area (Å²) in [4.78, 5) is 12.4. The van der Waals surface area contributed by atoms with Crippen LogP contribution in [0.4, 0.5) is 0 Å². The Balaban J connectivity index is 1.66. The Bertz CT molecular complexity index is 505. The van der Waals surface area contributed by atoms with Crippen molar-refractivity contribution < 1.29 is 4.79 Å². The van der Waals surface area contributed by atoms with E-state index in [-0.39, 0.29) is 5.92 Å². The predicted octanol–water partition coefficient (Wildman–Crippen LogP) is 3.15.